The highest BCUT2D eigenvalue weighted by Crippen LogP contribution is 2.26. The normalized spacial score (nSPS) is 12.7. The van der Waals surface area contributed by atoms with Gasteiger partial charge >= 0.3 is 0 Å². The summed E-state index contributed by atoms with van der Waals surface area (Å²) in [4.78, 5) is 12.2. The molecule has 0 spiro atoms. The molecule has 1 atom stereocenters. The molecule has 0 aliphatic carbocycles. The van der Waals surface area contributed by atoms with Crippen molar-refractivity contribution < 1.29 is 4.79 Å². The van der Waals surface area contributed by atoms with Crippen molar-refractivity contribution >= 4 is 18.3 Å². The van der Waals surface area contributed by atoms with Crippen LogP contribution in [0.15, 0.2) is 12.4 Å². The largest absolute Gasteiger partial charge is 0.349 e. The van der Waals surface area contributed by atoms with E-state index < -0.39 is 5.41 Å². The summed E-state index contributed by atoms with van der Waals surface area (Å²) < 4.78 is 0. The number of hydrogen-bond acceptors (Lipinski definition) is 3. The second-order valence-electron chi connectivity index (χ2n) is 4.42. The van der Waals surface area contributed by atoms with Crippen LogP contribution in [0.3, 0.4) is 0 Å². The molecule has 4 N–H and O–H groups in total. The Morgan fingerprint density at radius 3 is 2.56 bits per heavy atom. The minimum absolute atomic E-state index is 0. The Labute approximate surface area is 114 Å². The first-order valence-electron chi connectivity index (χ1n) is 6.09. The van der Waals surface area contributed by atoms with Gasteiger partial charge in [0.2, 0.25) is 5.91 Å². The van der Waals surface area contributed by atoms with Gasteiger partial charge in [-0.1, -0.05) is 13.8 Å². The molecule has 0 fully saturated rings. The van der Waals surface area contributed by atoms with Gasteiger partial charge in [0.25, 0.3) is 0 Å². The number of aromatic amines is 1. The Morgan fingerprint density at radius 2 is 2.17 bits per heavy atom. The highest BCUT2D eigenvalue weighted by molar-refractivity contribution is 5.85. The molecule has 0 saturated carbocycles. The molecule has 1 rings (SSSR count). The molecule has 0 aromatic carbocycles. The van der Waals surface area contributed by atoms with Gasteiger partial charge < -0.3 is 11.1 Å². The van der Waals surface area contributed by atoms with Crippen molar-refractivity contribution in [3.05, 3.63) is 18.0 Å². The van der Waals surface area contributed by atoms with Crippen molar-refractivity contribution in [1.29, 1.82) is 0 Å². The van der Waals surface area contributed by atoms with Crippen molar-refractivity contribution in [2.75, 3.05) is 6.54 Å². The van der Waals surface area contributed by atoms with Gasteiger partial charge in [0.05, 0.1) is 17.7 Å². The molecule has 0 saturated heterocycles. The maximum Gasteiger partial charge on any atom is 0.227 e. The summed E-state index contributed by atoms with van der Waals surface area (Å²) in [6.45, 7) is 6.32. The molecule has 1 heterocycles. The van der Waals surface area contributed by atoms with Crippen molar-refractivity contribution in [1.82, 2.24) is 15.5 Å². The summed E-state index contributed by atoms with van der Waals surface area (Å²) in [5, 5.41) is 9.61. The summed E-state index contributed by atoms with van der Waals surface area (Å²) >= 11 is 0. The molecule has 1 unspecified atom stereocenters. The fourth-order valence-corrected chi connectivity index (χ4v) is 1.88. The third-order valence-corrected chi connectivity index (χ3v) is 3.59. The number of H-pyrrole nitrogens is 1. The summed E-state index contributed by atoms with van der Waals surface area (Å²) in [7, 11) is 0. The van der Waals surface area contributed by atoms with E-state index in [1.807, 2.05) is 20.8 Å². The highest BCUT2D eigenvalue weighted by Gasteiger charge is 2.34. The molecular weight excluding hydrogens is 252 g/mol. The lowest BCUT2D eigenvalue weighted by molar-refractivity contribution is -0.131. The fourth-order valence-electron chi connectivity index (χ4n) is 1.88. The van der Waals surface area contributed by atoms with E-state index >= 15 is 0 Å². The van der Waals surface area contributed by atoms with Crippen molar-refractivity contribution in [2.24, 2.45) is 11.1 Å². The lowest BCUT2D eigenvalue weighted by Crippen LogP contribution is -2.45. The Kier molecular flexibility index (Phi) is 6.94. The summed E-state index contributed by atoms with van der Waals surface area (Å²) in [6.07, 6.45) is 5.01. The number of halogens is 1. The van der Waals surface area contributed by atoms with Crippen molar-refractivity contribution in [3.63, 3.8) is 0 Å². The molecule has 0 radical (unpaired) electrons. The van der Waals surface area contributed by atoms with E-state index in [2.05, 4.69) is 15.5 Å². The van der Waals surface area contributed by atoms with E-state index in [1.54, 1.807) is 12.4 Å². The fraction of sp³-hybridized carbons (Fsp3) is 0.667. The lowest BCUT2D eigenvalue weighted by Gasteiger charge is -2.30. The van der Waals surface area contributed by atoms with Gasteiger partial charge in [-0.3, -0.25) is 9.89 Å². The number of nitrogens with two attached hydrogens (primary N) is 1. The summed E-state index contributed by atoms with van der Waals surface area (Å²) in [5.74, 6) is 0.0266. The molecule has 104 valence electrons. The third-order valence-electron chi connectivity index (χ3n) is 3.59. The number of amides is 1. The summed E-state index contributed by atoms with van der Waals surface area (Å²) in [5.41, 5.74) is 6.27. The van der Waals surface area contributed by atoms with Crippen LogP contribution < -0.4 is 11.1 Å². The number of nitrogens with zero attached hydrogens (tertiary/aromatic N) is 1. The quantitative estimate of drug-likeness (QED) is 0.739. The third kappa shape index (κ3) is 3.46. The second kappa shape index (κ2) is 7.38. The number of carbonyl (C=O) groups is 1. The number of hydrogen-bond donors (Lipinski definition) is 3. The Balaban J connectivity index is 0.00000289. The van der Waals surface area contributed by atoms with Crippen LogP contribution in [0.5, 0.6) is 0 Å². The van der Waals surface area contributed by atoms with E-state index in [0.717, 1.165) is 18.4 Å². The lowest BCUT2D eigenvalue weighted by atomic mass is 9.81. The first kappa shape index (κ1) is 16.9. The first-order chi connectivity index (χ1) is 8.09. The molecule has 1 aromatic rings. The molecule has 18 heavy (non-hydrogen) atoms. The first-order valence-corrected chi connectivity index (χ1v) is 6.09. The second-order valence-corrected chi connectivity index (χ2v) is 4.42. The van der Waals surface area contributed by atoms with Crippen LogP contribution in [-0.2, 0) is 4.79 Å². The SMILES string of the molecule is CCC(CC)(CN)C(=O)NC(C)c1cn[nH]c1.Cl. The molecule has 1 amide bonds. The zero-order valence-corrected chi connectivity index (χ0v) is 12.0. The maximum atomic E-state index is 12.2. The van der Waals surface area contributed by atoms with Crippen molar-refractivity contribution in [2.45, 2.75) is 39.7 Å². The van der Waals surface area contributed by atoms with Crippen LogP contribution in [0.4, 0.5) is 0 Å². The van der Waals surface area contributed by atoms with E-state index in [9.17, 15) is 4.79 Å². The number of carbonyl (C=O) groups excluding carboxylic acids is 1. The van der Waals surface area contributed by atoms with Gasteiger partial charge in [0, 0.05) is 18.3 Å². The Hall–Kier alpha value is -1.07. The van der Waals surface area contributed by atoms with E-state index in [-0.39, 0.29) is 24.4 Å². The van der Waals surface area contributed by atoms with Crippen LogP contribution in [0.25, 0.3) is 0 Å². The zero-order valence-electron chi connectivity index (χ0n) is 11.2. The predicted molar refractivity (Wildman–Crippen MR) is 74.5 cm³/mol. The highest BCUT2D eigenvalue weighted by atomic mass is 35.5. The minimum Gasteiger partial charge on any atom is -0.349 e. The Morgan fingerprint density at radius 1 is 1.56 bits per heavy atom. The van der Waals surface area contributed by atoms with Gasteiger partial charge in [-0.05, 0) is 19.8 Å². The smallest absolute Gasteiger partial charge is 0.227 e. The van der Waals surface area contributed by atoms with Crippen LogP contribution in [0.1, 0.15) is 45.2 Å². The van der Waals surface area contributed by atoms with Gasteiger partial charge in [-0.25, -0.2) is 0 Å². The molecule has 0 bridgehead atoms. The molecule has 1 aromatic heterocycles. The molecule has 5 nitrogen and oxygen atoms in total. The maximum absolute atomic E-state index is 12.2. The molecule has 0 aliphatic heterocycles. The van der Waals surface area contributed by atoms with Crippen molar-refractivity contribution in [3.8, 4) is 0 Å². The average molecular weight is 275 g/mol. The topological polar surface area (TPSA) is 83.8 Å². The van der Waals surface area contributed by atoms with Crippen LogP contribution >= 0.6 is 12.4 Å². The molecule has 0 aliphatic rings. The van der Waals surface area contributed by atoms with Crippen LogP contribution in [0.2, 0.25) is 0 Å². The van der Waals surface area contributed by atoms with Crippen LogP contribution in [-0.4, -0.2) is 22.6 Å². The van der Waals surface area contributed by atoms with Gasteiger partial charge in [0.15, 0.2) is 0 Å². The minimum atomic E-state index is -0.446. The number of nitrogens with one attached hydrogen (secondary N) is 2. The zero-order chi connectivity index (χ0) is 12.9. The Bertz CT molecular complexity index is 341. The molecule has 6 heteroatoms. The standard InChI is InChI=1S/C12H22N4O.ClH/c1-4-12(5-2,8-13)11(17)16-9(3)10-6-14-15-7-10;/h6-7,9H,4-5,8,13H2,1-3H3,(H,14,15)(H,16,17);1H. The monoisotopic (exact) mass is 274 g/mol. The summed E-state index contributed by atoms with van der Waals surface area (Å²) in [6, 6.07) is -0.0507. The van der Waals surface area contributed by atoms with E-state index in [4.69, 9.17) is 5.73 Å². The predicted octanol–water partition coefficient (Wildman–Crippen LogP) is 1.77. The van der Waals surface area contributed by atoms with Gasteiger partial charge in [-0.2, -0.15) is 5.10 Å². The van der Waals surface area contributed by atoms with E-state index in [1.165, 1.54) is 0 Å². The van der Waals surface area contributed by atoms with Gasteiger partial charge in [-0.15, -0.1) is 12.4 Å². The number of rotatable bonds is 6. The van der Waals surface area contributed by atoms with E-state index in [0.29, 0.717) is 6.54 Å². The van der Waals surface area contributed by atoms with Crippen LogP contribution in [0, 0.1) is 5.41 Å². The molecular formula is C12H23ClN4O. The average Bonchev–Trinajstić information content (AvgIpc) is 2.85. The number of aromatic nitrogens is 2. The van der Waals surface area contributed by atoms with Gasteiger partial charge in [0.1, 0.15) is 0 Å².